The maximum absolute atomic E-state index is 12.5. The third-order valence-corrected chi connectivity index (χ3v) is 6.08. The highest BCUT2D eigenvalue weighted by Crippen LogP contribution is 2.72. The van der Waals surface area contributed by atoms with E-state index in [1.54, 1.807) is 0 Å². The summed E-state index contributed by atoms with van der Waals surface area (Å²) < 4.78 is 5.70. The standard InChI is InChI=1S/C14H18O3/c1-7-4-10-12(3)5-9(7)13(6-17-13)14(10,16)8(2)11(12)15/h4,8-10,16H,5-6H2,1-3H3. The zero-order valence-electron chi connectivity index (χ0n) is 10.5. The highest BCUT2D eigenvalue weighted by atomic mass is 16.6. The number of ether oxygens (including phenoxy) is 1. The molecule has 1 spiro atoms. The van der Waals surface area contributed by atoms with Crippen molar-refractivity contribution >= 4 is 5.78 Å². The summed E-state index contributed by atoms with van der Waals surface area (Å²) >= 11 is 0. The monoisotopic (exact) mass is 234 g/mol. The molecule has 4 bridgehead atoms. The van der Waals surface area contributed by atoms with Crippen molar-refractivity contribution in [2.45, 2.75) is 38.4 Å². The van der Waals surface area contributed by atoms with Crippen molar-refractivity contribution in [3.05, 3.63) is 11.6 Å². The molecular formula is C14H18O3. The Morgan fingerprint density at radius 3 is 2.76 bits per heavy atom. The van der Waals surface area contributed by atoms with E-state index < -0.39 is 11.2 Å². The molecule has 3 fully saturated rings. The predicted octanol–water partition coefficient (Wildman–Crippen LogP) is 1.31. The molecule has 0 amide bonds. The summed E-state index contributed by atoms with van der Waals surface area (Å²) in [6.45, 7) is 6.63. The molecule has 1 heterocycles. The Morgan fingerprint density at radius 2 is 2.18 bits per heavy atom. The van der Waals surface area contributed by atoms with Gasteiger partial charge in [-0.05, 0) is 13.3 Å². The Hall–Kier alpha value is -0.670. The Kier molecular flexibility index (Phi) is 1.44. The zero-order chi connectivity index (χ0) is 12.2. The van der Waals surface area contributed by atoms with Crippen LogP contribution in [0.25, 0.3) is 0 Å². The van der Waals surface area contributed by atoms with Crippen molar-refractivity contribution in [3.63, 3.8) is 0 Å². The van der Waals surface area contributed by atoms with Crippen molar-refractivity contribution in [2.75, 3.05) is 6.61 Å². The third-order valence-electron chi connectivity index (χ3n) is 6.08. The quantitative estimate of drug-likeness (QED) is 0.508. The van der Waals surface area contributed by atoms with Crippen LogP contribution in [0, 0.1) is 23.2 Å². The SMILES string of the molecule is CC1=CC2C3(C)CC1C1(CO1)C2(O)C(C)C3=O. The number of carbonyl (C=O) groups is 1. The lowest BCUT2D eigenvalue weighted by molar-refractivity contribution is -0.143. The summed E-state index contributed by atoms with van der Waals surface area (Å²) in [5.41, 5.74) is -0.463. The van der Waals surface area contributed by atoms with E-state index in [1.165, 1.54) is 5.57 Å². The van der Waals surface area contributed by atoms with E-state index in [2.05, 4.69) is 13.0 Å². The van der Waals surface area contributed by atoms with E-state index in [0.29, 0.717) is 6.61 Å². The first kappa shape index (κ1) is 10.3. The van der Waals surface area contributed by atoms with E-state index in [4.69, 9.17) is 4.74 Å². The summed E-state index contributed by atoms with van der Waals surface area (Å²) in [5.74, 6) is 0.113. The second-order valence-electron chi connectivity index (χ2n) is 6.65. The summed E-state index contributed by atoms with van der Waals surface area (Å²) in [7, 11) is 0. The van der Waals surface area contributed by atoms with Crippen LogP contribution in [-0.4, -0.2) is 28.7 Å². The minimum Gasteiger partial charge on any atom is -0.385 e. The van der Waals surface area contributed by atoms with Gasteiger partial charge in [-0.3, -0.25) is 4.79 Å². The van der Waals surface area contributed by atoms with Gasteiger partial charge < -0.3 is 9.84 Å². The maximum Gasteiger partial charge on any atom is 0.145 e. The lowest BCUT2D eigenvalue weighted by atomic mass is 9.51. The van der Waals surface area contributed by atoms with E-state index >= 15 is 0 Å². The summed E-state index contributed by atoms with van der Waals surface area (Å²) in [5, 5.41) is 11.1. The van der Waals surface area contributed by atoms with Crippen molar-refractivity contribution in [2.24, 2.45) is 23.2 Å². The predicted molar refractivity (Wildman–Crippen MR) is 61.3 cm³/mol. The van der Waals surface area contributed by atoms with Crippen LogP contribution < -0.4 is 0 Å². The minimum absolute atomic E-state index is 0.0509. The van der Waals surface area contributed by atoms with E-state index in [-0.39, 0.29) is 29.0 Å². The molecular weight excluding hydrogens is 216 g/mol. The zero-order valence-corrected chi connectivity index (χ0v) is 10.5. The molecule has 2 saturated carbocycles. The lowest BCUT2D eigenvalue weighted by Gasteiger charge is -2.53. The molecule has 17 heavy (non-hydrogen) atoms. The van der Waals surface area contributed by atoms with Gasteiger partial charge in [-0.15, -0.1) is 0 Å². The molecule has 1 aliphatic heterocycles. The fraction of sp³-hybridized carbons (Fsp3) is 0.786. The van der Waals surface area contributed by atoms with Crippen LogP contribution in [0.5, 0.6) is 0 Å². The number of carbonyl (C=O) groups excluding carboxylic acids is 1. The number of aliphatic hydroxyl groups is 1. The second kappa shape index (κ2) is 2.39. The molecule has 0 aromatic rings. The highest BCUT2D eigenvalue weighted by molar-refractivity contribution is 5.93. The number of ketones is 1. The van der Waals surface area contributed by atoms with Gasteiger partial charge in [-0.2, -0.15) is 0 Å². The molecule has 5 aliphatic rings. The van der Waals surface area contributed by atoms with Crippen molar-refractivity contribution in [1.82, 2.24) is 0 Å². The van der Waals surface area contributed by atoms with E-state index in [0.717, 1.165) is 6.42 Å². The van der Waals surface area contributed by atoms with E-state index in [9.17, 15) is 9.90 Å². The van der Waals surface area contributed by atoms with Crippen LogP contribution in [-0.2, 0) is 9.53 Å². The van der Waals surface area contributed by atoms with Gasteiger partial charge in [0.05, 0.1) is 6.61 Å². The smallest absolute Gasteiger partial charge is 0.145 e. The molecule has 3 heteroatoms. The van der Waals surface area contributed by atoms with Gasteiger partial charge >= 0.3 is 0 Å². The molecule has 6 atom stereocenters. The Labute approximate surface area is 101 Å². The first-order valence-corrected chi connectivity index (χ1v) is 6.47. The Balaban J connectivity index is 2.03. The van der Waals surface area contributed by atoms with Gasteiger partial charge in [-0.25, -0.2) is 0 Å². The Morgan fingerprint density at radius 1 is 1.53 bits per heavy atom. The van der Waals surface area contributed by atoms with Crippen LogP contribution in [0.2, 0.25) is 0 Å². The lowest BCUT2D eigenvalue weighted by Crippen LogP contribution is -2.63. The van der Waals surface area contributed by atoms with Gasteiger partial charge in [0, 0.05) is 23.2 Å². The van der Waals surface area contributed by atoms with Gasteiger partial charge in [0.25, 0.3) is 0 Å². The summed E-state index contributed by atoms with van der Waals surface area (Å²) in [4.78, 5) is 12.5. The van der Waals surface area contributed by atoms with Crippen LogP contribution in [0.15, 0.2) is 11.6 Å². The maximum atomic E-state index is 12.5. The molecule has 0 radical (unpaired) electrons. The fourth-order valence-corrected chi connectivity index (χ4v) is 5.06. The average molecular weight is 234 g/mol. The molecule has 3 nitrogen and oxygen atoms in total. The van der Waals surface area contributed by atoms with Crippen molar-refractivity contribution in [1.29, 1.82) is 0 Å². The summed E-state index contributed by atoms with van der Waals surface area (Å²) in [6, 6.07) is 0. The molecule has 4 aliphatic carbocycles. The number of rotatable bonds is 0. The number of hydrogen-bond acceptors (Lipinski definition) is 3. The molecule has 92 valence electrons. The molecule has 1 N–H and O–H groups in total. The largest absolute Gasteiger partial charge is 0.385 e. The highest BCUT2D eigenvalue weighted by Gasteiger charge is 2.82. The van der Waals surface area contributed by atoms with Crippen LogP contribution in [0.4, 0.5) is 0 Å². The second-order valence-corrected chi connectivity index (χ2v) is 6.65. The van der Waals surface area contributed by atoms with Crippen LogP contribution >= 0.6 is 0 Å². The molecule has 6 unspecified atom stereocenters. The first-order valence-electron chi connectivity index (χ1n) is 6.47. The third kappa shape index (κ3) is 0.748. The topological polar surface area (TPSA) is 49.8 Å². The van der Waals surface area contributed by atoms with Gasteiger partial charge in [0.1, 0.15) is 17.0 Å². The molecule has 0 aromatic carbocycles. The molecule has 1 saturated heterocycles. The number of hydrogen-bond donors (Lipinski definition) is 1. The summed E-state index contributed by atoms with van der Waals surface area (Å²) in [6.07, 6.45) is 2.99. The molecule has 0 aromatic heterocycles. The Bertz CT molecular complexity index is 476. The normalized spacial score (nSPS) is 63.2. The van der Waals surface area contributed by atoms with Crippen LogP contribution in [0.1, 0.15) is 27.2 Å². The number of Topliss-reactive ketones (excluding diaryl/α,β-unsaturated/α-hetero) is 1. The van der Waals surface area contributed by atoms with Gasteiger partial charge in [0.15, 0.2) is 0 Å². The van der Waals surface area contributed by atoms with Gasteiger partial charge in [0.2, 0.25) is 0 Å². The number of epoxide rings is 1. The van der Waals surface area contributed by atoms with Crippen molar-refractivity contribution < 1.29 is 14.6 Å². The first-order chi connectivity index (χ1) is 7.88. The van der Waals surface area contributed by atoms with Crippen LogP contribution in [0.3, 0.4) is 0 Å². The average Bonchev–Trinajstić information content (AvgIpc) is 3.05. The molecule has 5 rings (SSSR count). The van der Waals surface area contributed by atoms with E-state index in [1.807, 2.05) is 13.8 Å². The van der Waals surface area contributed by atoms with Gasteiger partial charge in [-0.1, -0.05) is 25.5 Å². The fourth-order valence-electron chi connectivity index (χ4n) is 5.06. The van der Waals surface area contributed by atoms with Crippen molar-refractivity contribution in [3.8, 4) is 0 Å². The minimum atomic E-state index is -0.957.